The normalized spacial score (nSPS) is 10.8. The molecule has 0 aliphatic heterocycles. The van der Waals surface area contributed by atoms with E-state index >= 15 is 0 Å². The maximum Gasteiger partial charge on any atom is 0.340 e. The number of pyridine rings is 1. The van der Waals surface area contributed by atoms with Crippen molar-refractivity contribution in [2.75, 3.05) is 13.7 Å². The Hall–Kier alpha value is -3.68. The lowest BCUT2D eigenvalue weighted by Gasteiger charge is -2.16. The molecule has 0 unspecified atom stereocenters. The minimum absolute atomic E-state index is 0.0175. The lowest BCUT2D eigenvalue weighted by atomic mass is 9.95. The number of carbonyl (C=O) groups is 1. The molecule has 8 nitrogen and oxygen atoms in total. The number of rotatable bonds is 5. The molecular weight excluding hydrogens is 374 g/mol. The van der Waals surface area contributed by atoms with Crippen molar-refractivity contribution in [3.8, 4) is 16.9 Å². The number of hydrogen-bond acceptors (Lipinski definition) is 6. The minimum atomic E-state index is -0.626. The molecule has 2 heterocycles. The van der Waals surface area contributed by atoms with Crippen LogP contribution in [0.4, 0.5) is 0 Å². The Labute approximate surface area is 166 Å². The third kappa shape index (κ3) is 3.33. The summed E-state index contributed by atoms with van der Waals surface area (Å²) in [5.74, 6) is -0.00144. The van der Waals surface area contributed by atoms with Gasteiger partial charge in [-0.1, -0.05) is 24.8 Å². The van der Waals surface area contributed by atoms with Gasteiger partial charge in [0, 0.05) is 19.7 Å². The van der Waals surface area contributed by atoms with Crippen molar-refractivity contribution < 1.29 is 14.3 Å². The van der Waals surface area contributed by atoms with E-state index in [1.165, 1.54) is 24.7 Å². The van der Waals surface area contributed by atoms with Gasteiger partial charge in [-0.3, -0.25) is 13.9 Å². The van der Waals surface area contributed by atoms with E-state index in [9.17, 15) is 14.4 Å². The van der Waals surface area contributed by atoms with Gasteiger partial charge in [0.1, 0.15) is 18.0 Å². The summed E-state index contributed by atoms with van der Waals surface area (Å²) < 4.78 is 12.7. The zero-order chi connectivity index (χ0) is 21.3. The second-order valence-corrected chi connectivity index (χ2v) is 6.47. The van der Waals surface area contributed by atoms with Crippen molar-refractivity contribution >= 4 is 17.0 Å². The van der Waals surface area contributed by atoms with Crippen molar-refractivity contribution in [2.45, 2.75) is 6.92 Å². The second-order valence-electron chi connectivity index (χ2n) is 6.47. The van der Waals surface area contributed by atoms with E-state index in [4.69, 9.17) is 9.47 Å². The highest BCUT2D eigenvalue weighted by Crippen LogP contribution is 2.32. The molecule has 2 aromatic heterocycles. The number of aryl methyl sites for hydroxylation is 2. The molecule has 29 heavy (non-hydrogen) atoms. The molecule has 0 radical (unpaired) electrons. The van der Waals surface area contributed by atoms with Crippen LogP contribution in [0.1, 0.15) is 16.1 Å². The van der Waals surface area contributed by atoms with Gasteiger partial charge in [0.05, 0.1) is 23.8 Å². The Morgan fingerprint density at radius 1 is 1.17 bits per heavy atom. The first kappa shape index (κ1) is 20.1. The number of carbonyl (C=O) groups excluding carboxylic acids is 1. The van der Waals surface area contributed by atoms with Crippen LogP contribution in [0.15, 0.2) is 46.5 Å². The van der Waals surface area contributed by atoms with Crippen molar-refractivity contribution in [1.82, 2.24) is 14.1 Å². The number of esters is 1. The van der Waals surface area contributed by atoms with E-state index in [1.54, 1.807) is 38.3 Å². The first-order valence-electron chi connectivity index (χ1n) is 8.84. The third-order valence-corrected chi connectivity index (χ3v) is 4.68. The Morgan fingerprint density at radius 3 is 2.41 bits per heavy atom. The predicted octanol–water partition coefficient (Wildman–Crippen LogP) is 1.96. The van der Waals surface area contributed by atoms with Crippen LogP contribution in [0.5, 0.6) is 5.75 Å². The van der Waals surface area contributed by atoms with Crippen LogP contribution in [0.3, 0.4) is 0 Å². The van der Waals surface area contributed by atoms with Gasteiger partial charge in [-0.15, -0.1) is 0 Å². The van der Waals surface area contributed by atoms with Crippen LogP contribution < -0.4 is 16.0 Å². The molecule has 0 atom stereocenters. The highest BCUT2D eigenvalue weighted by molar-refractivity contribution is 6.07. The van der Waals surface area contributed by atoms with Gasteiger partial charge in [-0.2, -0.15) is 0 Å². The van der Waals surface area contributed by atoms with Crippen LogP contribution >= 0.6 is 0 Å². The molecule has 0 bridgehead atoms. The molecule has 0 aliphatic rings. The molecule has 0 saturated heterocycles. The Bertz CT molecular complexity index is 1240. The van der Waals surface area contributed by atoms with E-state index in [-0.39, 0.29) is 23.2 Å². The zero-order valence-electron chi connectivity index (χ0n) is 16.7. The third-order valence-electron chi connectivity index (χ3n) is 4.68. The number of aromatic nitrogens is 3. The highest BCUT2D eigenvalue weighted by atomic mass is 16.5. The van der Waals surface area contributed by atoms with Gasteiger partial charge in [0.15, 0.2) is 0 Å². The topological polar surface area (TPSA) is 92.4 Å². The molecule has 0 N–H and O–H groups in total. The predicted molar refractivity (Wildman–Crippen MR) is 109 cm³/mol. The van der Waals surface area contributed by atoms with Crippen molar-refractivity contribution in [3.63, 3.8) is 0 Å². The lowest BCUT2D eigenvalue weighted by Crippen LogP contribution is -2.38. The van der Waals surface area contributed by atoms with Gasteiger partial charge >= 0.3 is 11.7 Å². The standard InChI is InChI=1S/C21H21N3O5/c1-6-11-29-20(26)15-12(2)22-18-17(19(25)24(4)21(27)23(18)3)16(15)13-7-9-14(28-5)10-8-13/h6-10H,1,11H2,2-5H3. The minimum Gasteiger partial charge on any atom is -0.497 e. The summed E-state index contributed by atoms with van der Waals surface area (Å²) in [5, 5.41) is 0.163. The van der Waals surface area contributed by atoms with Crippen molar-refractivity contribution in [3.05, 3.63) is 69.0 Å². The molecule has 0 aliphatic carbocycles. The number of ether oxygens (including phenoxy) is 2. The molecule has 0 amide bonds. The van der Waals surface area contributed by atoms with Gasteiger partial charge in [0.2, 0.25) is 0 Å². The van der Waals surface area contributed by atoms with Crippen LogP contribution in [-0.2, 0) is 18.8 Å². The molecule has 3 rings (SSSR count). The fourth-order valence-corrected chi connectivity index (χ4v) is 3.21. The number of methoxy groups -OCH3 is 1. The first-order chi connectivity index (χ1) is 13.8. The molecule has 0 saturated carbocycles. The van der Waals surface area contributed by atoms with E-state index in [0.717, 1.165) is 4.57 Å². The van der Waals surface area contributed by atoms with Crippen LogP contribution in [0, 0.1) is 6.92 Å². The Kier molecular flexibility index (Phi) is 5.36. The van der Waals surface area contributed by atoms with Gasteiger partial charge in [-0.05, 0) is 24.6 Å². The SMILES string of the molecule is C=CCOC(=O)c1c(C)nc2c(c1-c1ccc(OC)cc1)c(=O)n(C)c(=O)n2C. The average Bonchev–Trinajstić information content (AvgIpc) is 2.73. The largest absolute Gasteiger partial charge is 0.497 e. The number of benzene rings is 1. The number of fused-ring (bicyclic) bond motifs is 1. The Balaban J connectivity index is 2.50. The summed E-state index contributed by atoms with van der Waals surface area (Å²) in [6.45, 7) is 5.20. The molecule has 3 aromatic rings. The summed E-state index contributed by atoms with van der Waals surface area (Å²) in [6.07, 6.45) is 1.46. The average molecular weight is 395 g/mol. The summed E-state index contributed by atoms with van der Waals surface area (Å²) in [5.41, 5.74) is 0.627. The monoisotopic (exact) mass is 395 g/mol. The quantitative estimate of drug-likeness (QED) is 0.484. The molecule has 150 valence electrons. The fourth-order valence-electron chi connectivity index (χ4n) is 3.21. The second kappa shape index (κ2) is 7.75. The summed E-state index contributed by atoms with van der Waals surface area (Å²) in [7, 11) is 4.46. The van der Waals surface area contributed by atoms with E-state index in [0.29, 0.717) is 22.6 Å². The molecule has 1 aromatic carbocycles. The lowest BCUT2D eigenvalue weighted by molar-refractivity contribution is 0.0549. The maximum atomic E-state index is 13.0. The highest BCUT2D eigenvalue weighted by Gasteiger charge is 2.25. The zero-order valence-corrected chi connectivity index (χ0v) is 16.7. The van der Waals surface area contributed by atoms with Gasteiger partial charge in [-0.25, -0.2) is 14.6 Å². The molecule has 0 fully saturated rings. The number of nitrogens with zero attached hydrogens (tertiary/aromatic N) is 3. The fraction of sp³-hybridized carbons (Fsp3) is 0.238. The van der Waals surface area contributed by atoms with E-state index < -0.39 is 17.2 Å². The van der Waals surface area contributed by atoms with E-state index in [2.05, 4.69) is 11.6 Å². The summed E-state index contributed by atoms with van der Waals surface area (Å²) in [4.78, 5) is 42.6. The smallest absolute Gasteiger partial charge is 0.340 e. The van der Waals surface area contributed by atoms with Crippen molar-refractivity contribution in [2.24, 2.45) is 14.1 Å². The molecule has 8 heteroatoms. The number of hydrogen-bond donors (Lipinski definition) is 0. The first-order valence-corrected chi connectivity index (χ1v) is 8.84. The van der Waals surface area contributed by atoms with Crippen LogP contribution in [0.2, 0.25) is 0 Å². The maximum absolute atomic E-state index is 13.0. The molecular formula is C21H21N3O5. The van der Waals surface area contributed by atoms with Gasteiger partial charge < -0.3 is 9.47 Å². The summed E-state index contributed by atoms with van der Waals surface area (Å²) >= 11 is 0. The van der Waals surface area contributed by atoms with E-state index in [1.807, 2.05) is 0 Å². The summed E-state index contributed by atoms with van der Waals surface area (Å²) in [6, 6.07) is 6.92. The molecule has 0 spiro atoms. The van der Waals surface area contributed by atoms with Crippen molar-refractivity contribution in [1.29, 1.82) is 0 Å². The van der Waals surface area contributed by atoms with Crippen LogP contribution in [0.25, 0.3) is 22.2 Å². The Morgan fingerprint density at radius 2 is 1.83 bits per heavy atom. The van der Waals surface area contributed by atoms with Crippen LogP contribution in [-0.4, -0.2) is 33.8 Å². The van der Waals surface area contributed by atoms with Gasteiger partial charge in [0.25, 0.3) is 5.56 Å².